The van der Waals surface area contributed by atoms with Crippen LogP contribution < -0.4 is 11.1 Å². The molecule has 1 amide bonds. The molecule has 0 bridgehead atoms. The zero-order valence-corrected chi connectivity index (χ0v) is 8.93. The third-order valence-electron chi connectivity index (χ3n) is 1.69. The minimum atomic E-state index is -0.0189. The van der Waals surface area contributed by atoms with Gasteiger partial charge in [-0.05, 0) is 6.42 Å². The summed E-state index contributed by atoms with van der Waals surface area (Å²) in [4.78, 5) is 11.3. The first kappa shape index (κ1) is 10.9. The summed E-state index contributed by atoms with van der Waals surface area (Å²) in [7, 11) is 0. The van der Waals surface area contributed by atoms with Crippen molar-refractivity contribution in [1.82, 2.24) is 10.2 Å². The van der Waals surface area contributed by atoms with Gasteiger partial charge < -0.3 is 11.1 Å². The number of nitrogens with two attached hydrogens (primary N) is 1. The van der Waals surface area contributed by atoms with E-state index in [0.29, 0.717) is 16.7 Å². The van der Waals surface area contributed by atoms with Gasteiger partial charge in [0.25, 0.3) is 0 Å². The Morgan fingerprint density at radius 2 is 2.29 bits per heavy atom. The lowest BCUT2D eigenvalue weighted by Gasteiger charge is -1.99. The average Bonchev–Trinajstić information content (AvgIpc) is 2.52. The second-order valence-electron chi connectivity index (χ2n) is 2.95. The molecule has 5 nitrogen and oxygen atoms in total. The Labute approximate surface area is 86.7 Å². The first-order valence-electron chi connectivity index (χ1n) is 4.61. The number of aromatic nitrogens is 2. The standard InChI is InChI=1S/C8H14N4OS/c1-2-3-4-5-6(13)10-8-12-11-7(9)14-8/h2-5H2,1H3,(H2,9,11)(H,10,12,13). The van der Waals surface area contributed by atoms with Crippen LogP contribution in [0.1, 0.15) is 32.6 Å². The SMILES string of the molecule is CCCCCC(=O)Nc1nnc(N)s1. The highest BCUT2D eigenvalue weighted by atomic mass is 32.1. The van der Waals surface area contributed by atoms with Crippen molar-refractivity contribution in [3.8, 4) is 0 Å². The van der Waals surface area contributed by atoms with Crippen molar-refractivity contribution in [2.24, 2.45) is 0 Å². The number of amides is 1. The van der Waals surface area contributed by atoms with Crippen molar-refractivity contribution in [3.63, 3.8) is 0 Å². The van der Waals surface area contributed by atoms with E-state index >= 15 is 0 Å². The summed E-state index contributed by atoms with van der Waals surface area (Å²) in [6, 6.07) is 0. The maximum atomic E-state index is 11.3. The summed E-state index contributed by atoms with van der Waals surface area (Å²) < 4.78 is 0. The van der Waals surface area contributed by atoms with Crippen LogP contribution in [0.4, 0.5) is 10.3 Å². The van der Waals surface area contributed by atoms with Crippen LogP contribution in [0.25, 0.3) is 0 Å². The van der Waals surface area contributed by atoms with Crippen molar-refractivity contribution < 1.29 is 4.79 Å². The molecule has 6 heteroatoms. The summed E-state index contributed by atoms with van der Waals surface area (Å²) in [5, 5.41) is 10.8. The molecule has 0 atom stereocenters. The van der Waals surface area contributed by atoms with E-state index in [1.54, 1.807) is 0 Å². The van der Waals surface area contributed by atoms with Gasteiger partial charge in [0.05, 0.1) is 0 Å². The minimum absolute atomic E-state index is 0.0189. The molecule has 0 radical (unpaired) electrons. The molecule has 14 heavy (non-hydrogen) atoms. The molecule has 0 aliphatic carbocycles. The predicted octanol–water partition coefficient (Wildman–Crippen LogP) is 1.64. The number of carbonyl (C=O) groups excluding carboxylic acids is 1. The van der Waals surface area contributed by atoms with Crippen LogP contribution in [0.3, 0.4) is 0 Å². The molecule has 1 aromatic heterocycles. The molecule has 1 aromatic rings. The average molecular weight is 214 g/mol. The van der Waals surface area contributed by atoms with Crippen LogP contribution in [-0.2, 0) is 4.79 Å². The number of anilines is 2. The van der Waals surface area contributed by atoms with Crippen molar-refractivity contribution in [3.05, 3.63) is 0 Å². The first-order chi connectivity index (χ1) is 6.72. The van der Waals surface area contributed by atoms with Gasteiger partial charge in [-0.25, -0.2) is 0 Å². The van der Waals surface area contributed by atoms with E-state index in [1.165, 1.54) is 11.3 Å². The van der Waals surface area contributed by atoms with E-state index in [2.05, 4.69) is 22.4 Å². The molecule has 0 spiro atoms. The van der Waals surface area contributed by atoms with Gasteiger partial charge in [-0.2, -0.15) is 0 Å². The molecular weight excluding hydrogens is 200 g/mol. The number of nitrogens with one attached hydrogen (secondary N) is 1. The van der Waals surface area contributed by atoms with Gasteiger partial charge in [0.15, 0.2) is 0 Å². The van der Waals surface area contributed by atoms with Crippen LogP contribution in [-0.4, -0.2) is 16.1 Å². The summed E-state index contributed by atoms with van der Waals surface area (Å²) in [6.45, 7) is 2.10. The van der Waals surface area contributed by atoms with E-state index in [1.807, 2.05) is 0 Å². The predicted molar refractivity (Wildman–Crippen MR) is 57.1 cm³/mol. The van der Waals surface area contributed by atoms with Crippen LogP contribution in [0.5, 0.6) is 0 Å². The number of carbonyl (C=O) groups is 1. The second-order valence-corrected chi connectivity index (χ2v) is 3.96. The van der Waals surface area contributed by atoms with E-state index in [4.69, 9.17) is 5.73 Å². The number of unbranched alkanes of at least 4 members (excludes halogenated alkanes) is 2. The molecule has 0 aromatic carbocycles. The first-order valence-corrected chi connectivity index (χ1v) is 5.43. The summed E-state index contributed by atoms with van der Waals surface area (Å²) in [6.07, 6.45) is 3.63. The highest BCUT2D eigenvalue weighted by molar-refractivity contribution is 7.18. The lowest BCUT2D eigenvalue weighted by atomic mass is 10.2. The lowest BCUT2D eigenvalue weighted by Crippen LogP contribution is -2.10. The molecule has 0 saturated carbocycles. The van der Waals surface area contributed by atoms with E-state index in [0.717, 1.165) is 19.3 Å². The van der Waals surface area contributed by atoms with E-state index in [-0.39, 0.29) is 5.91 Å². The minimum Gasteiger partial charge on any atom is -0.374 e. The maximum absolute atomic E-state index is 11.3. The van der Waals surface area contributed by atoms with Crippen molar-refractivity contribution in [1.29, 1.82) is 0 Å². The molecule has 1 heterocycles. The van der Waals surface area contributed by atoms with Gasteiger partial charge >= 0.3 is 0 Å². The molecule has 1 rings (SSSR count). The van der Waals surface area contributed by atoms with Crippen LogP contribution >= 0.6 is 11.3 Å². The molecule has 0 saturated heterocycles. The topological polar surface area (TPSA) is 80.9 Å². The molecule has 3 N–H and O–H groups in total. The largest absolute Gasteiger partial charge is 0.374 e. The zero-order chi connectivity index (χ0) is 10.4. The monoisotopic (exact) mass is 214 g/mol. The van der Waals surface area contributed by atoms with Crippen molar-refractivity contribution >= 4 is 27.5 Å². The van der Waals surface area contributed by atoms with Gasteiger partial charge in [0.2, 0.25) is 16.2 Å². The smallest absolute Gasteiger partial charge is 0.226 e. The third kappa shape index (κ3) is 3.69. The van der Waals surface area contributed by atoms with Crippen LogP contribution in [0, 0.1) is 0 Å². The Kier molecular flexibility index (Phi) is 4.31. The fourth-order valence-electron chi connectivity index (χ4n) is 1.00. The van der Waals surface area contributed by atoms with Crippen molar-refractivity contribution in [2.75, 3.05) is 11.1 Å². The Bertz CT molecular complexity index is 299. The fourth-order valence-corrected chi connectivity index (χ4v) is 1.53. The summed E-state index contributed by atoms with van der Waals surface area (Å²) in [5.74, 6) is -0.0189. The van der Waals surface area contributed by atoms with E-state index < -0.39 is 0 Å². The normalized spacial score (nSPS) is 10.1. The Morgan fingerprint density at radius 3 is 2.86 bits per heavy atom. The van der Waals surface area contributed by atoms with Gasteiger partial charge in [-0.1, -0.05) is 31.1 Å². The number of hydrogen-bond acceptors (Lipinski definition) is 5. The lowest BCUT2D eigenvalue weighted by molar-refractivity contribution is -0.116. The zero-order valence-electron chi connectivity index (χ0n) is 8.12. The maximum Gasteiger partial charge on any atom is 0.226 e. The Morgan fingerprint density at radius 1 is 1.50 bits per heavy atom. The molecule has 0 unspecified atom stereocenters. The molecule has 0 aliphatic rings. The quantitative estimate of drug-likeness (QED) is 0.730. The Balaban J connectivity index is 2.27. The van der Waals surface area contributed by atoms with Gasteiger partial charge in [0, 0.05) is 6.42 Å². The number of nitrogens with zero attached hydrogens (tertiary/aromatic N) is 2. The molecule has 0 fully saturated rings. The highest BCUT2D eigenvalue weighted by Crippen LogP contribution is 2.16. The highest BCUT2D eigenvalue weighted by Gasteiger charge is 2.05. The van der Waals surface area contributed by atoms with Gasteiger partial charge in [-0.15, -0.1) is 10.2 Å². The number of rotatable bonds is 5. The third-order valence-corrected chi connectivity index (χ3v) is 2.36. The van der Waals surface area contributed by atoms with Crippen LogP contribution in [0.15, 0.2) is 0 Å². The van der Waals surface area contributed by atoms with Gasteiger partial charge in [-0.3, -0.25) is 4.79 Å². The van der Waals surface area contributed by atoms with E-state index in [9.17, 15) is 4.79 Å². The number of hydrogen-bond donors (Lipinski definition) is 2. The molecule has 0 aliphatic heterocycles. The fraction of sp³-hybridized carbons (Fsp3) is 0.625. The summed E-state index contributed by atoms with van der Waals surface area (Å²) in [5.41, 5.74) is 5.37. The molecular formula is C8H14N4OS. The van der Waals surface area contributed by atoms with Crippen molar-refractivity contribution in [2.45, 2.75) is 32.6 Å². The molecule has 78 valence electrons. The van der Waals surface area contributed by atoms with Crippen LogP contribution in [0.2, 0.25) is 0 Å². The number of nitrogen functional groups attached to an aromatic ring is 1. The second kappa shape index (κ2) is 5.54. The summed E-state index contributed by atoms with van der Waals surface area (Å²) >= 11 is 1.18. The Hall–Kier alpha value is -1.17. The van der Waals surface area contributed by atoms with Gasteiger partial charge in [0.1, 0.15) is 0 Å².